The van der Waals surface area contributed by atoms with E-state index in [0.29, 0.717) is 18.1 Å². The largest absolute Gasteiger partial charge is 0.462 e. The molecule has 0 bridgehead atoms. The Hall–Kier alpha value is -0.830. The maximum Gasteiger partial charge on any atom is 0.339 e. The predicted molar refractivity (Wildman–Crippen MR) is 62.1 cm³/mol. The van der Waals surface area contributed by atoms with Crippen molar-refractivity contribution in [1.82, 2.24) is 0 Å². The summed E-state index contributed by atoms with van der Waals surface area (Å²) in [4.78, 5) is 11.5. The predicted octanol–water partition coefficient (Wildman–Crippen LogP) is 3.50. The number of hydrogen-bond donors (Lipinski definition) is 0. The van der Waals surface area contributed by atoms with Gasteiger partial charge < -0.3 is 4.74 Å². The minimum atomic E-state index is -0.258. The van der Waals surface area contributed by atoms with Gasteiger partial charge in [-0.2, -0.15) is 0 Å². The molecule has 0 unspecified atom stereocenters. The standard InChI is InChI=1S/C12H13BrO2/c1-2-15-12(14)10-6-5-9(7-11(10)13)8-3-4-8/h5-8H,2-4H2,1H3. The van der Waals surface area contributed by atoms with E-state index in [-0.39, 0.29) is 5.97 Å². The molecular weight excluding hydrogens is 256 g/mol. The molecule has 3 heteroatoms. The van der Waals surface area contributed by atoms with Gasteiger partial charge in [-0.25, -0.2) is 4.79 Å². The average molecular weight is 269 g/mol. The van der Waals surface area contributed by atoms with Gasteiger partial charge in [-0.3, -0.25) is 0 Å². The SMILES string of the molecule is CCOC(=O)c1ccc(C2CC2)cc1Br. The van der Waals surface area contributed by atoms with Crippen LogP contribution >= 0.6 is 15.9 Å². The third-order valence-electron chi connectivity index (χ3n) is 2.54. The zero-order valence-corrected chi connectivity index (χ0v) is 10.2. The monoisotopic (exact) mass is 268 g/mol. The fraction of sp³-hybridized carbons (Fsp3) is 0.417. The molecule has 0 saturated heterocycles. The molecule has 0 N–H and O–H groups in total. The minimum absolute atomic E-state index is 0.258. The third kappa shape index (κ3) is 2.40. The quantitative estimate of drug-likeness (QED) is 0.785. The van der Waals surface area contributed by atoms with E-state index in [0.717, 1.165) is 4.47 Å². The fourth-order valence-electron chi connectivity index (χ4n) is 1.58. The number of ether oxygens (including phenoxy) is 1. The average Bonchev–Trinajstić information content (AvgIpc) is 3.01. The van der Waals surface area contributed by atoms with Gasteiger partial charge >= 0.3 is 5.97 Å². The molecule has 0 spiro atoms. The normalized spacial score (nSPS) is 15.1. The van der Waals surface area contributed by atoms with Gasteiger partial charge in [-0.15, -0.1) is 0 Å². The van der Waals surface area contributed by atoms with Crippen molar-refractivity contribution in [3.63, 3.8) is 0 Å². The van der Waals surface area contributed by atoms with Crippen LogP contribution in [0.4, 0.5) is 0 Å². The Morgan fingerprint density at radius 1 is 1.53 bits per heavy atom. The number of rotatable bonds is 3. The lowest BCUT2D eigenvalue weighted by molar-refractivity contribution is 0.0525. The van der Waals surface area contributed by atoms with Crippen LogP contribution in [0.5, 0.6) is 0 Å². The summed E-state index contributed by atoms with van der Waals surface area (Å²) in [6.45, 7) is 2.22. The molecule has 0 heterocycles. The lowest BCUT2D eigenvalue weighted by Crippen LogP contribution is -2.05. The lowest BCUT2D eigenvalue weighted by atomic mass is 10.1. The highest BCUT2D eigenvalue weighted by molar-refractivity contribution is 9.10. The molecule has 0 amide bonds. The first-order valence-corrected chi connectivity index (χ1v) is 5.98. The highest BCUT2D eigenvalue weighted by Gasteiger charge is 2.24. The van der Waals surface area contributed by atoms with Gasteiger partial charge in [-0.1, -0.05) is 6.07 Å². The zero-order valence-electron chi connectivity index (χ0n) is 8.63. The van der Waals surface area contributed by atoms with Crippen molar-refractivity contribution in [1.29, 1.82) is 0 Å². The Bertz CT molecular complexity index is 383. The molecule has 0 atom stereocenters. The van der Waals surface area contributed by atoms with E-state index in [1.807, 2.05) is 25.1 Å². The van der Waals surface area contributed by atoms with Crippen LogP contribution in [-0.2, 0) is 4.74 Å². The maximum atomic E-state index is 11.5. The molecular formula is C12H13BrO2. The summed E-state index contributed by atoms with van der Waals surface area (Å²) in [6.07, 6.45) is 2.54. The van der Waals surface area contributed by atoms with Gasteiger partial charge in [0.15, 0.2) is 0 Å². The molecule has 0 aliphatic heterocycles. The lowest BCUT2D eigenvalue weighted by Gasteiger charge is -2.06. The van der Waals surface area contributed by atoms with Gasteiger partial charge in [0, 0.05) is 4.47 Å². The highest BCUT2D eigenvalue weighted by atomic mass is 79.9. The van der Waals surface area contributed by atoms with E-state index < -0.39 is 0 Å². The molecule has 1 aromatic rings. The van der Waals surface area contributed by atoms with Crippen molar-refractivity contribution in [2.75, 3.05) is 6.61 Å². The first-order valence-electron chi connectivity index (χ1n) is 5.19. The van der Waals surface area contributed by atoms with Gasteiger partial charge in [0.1, 0.15) is 0 Å². The Kier molecular flexibility index (Phi) is 3.10. The number of esters is 1. The van der Waals surface area contributed by atoms with Gasteiger partial charge in [0.25, 0.3) is 0 Å². The van der Waals surface area contributed by atoms with Gasteiger partial charge in [-0.05, 0) is 59.3 Å². The molecule has 15 heavy (non-hydrogen) atoms. The summed E-state index contributed by atoms with van der Waals surface area (Å²) in [5.41, 5.74) is 1.93. The molecule has 80 valence electrons. The smallest absolute Gasteiger partial charge is 0.339 e. The van der Waals surface area contributed by atoms with Crippen LogP contribution in [0.25, 0.3) is 0 Å². The van der Waals surface area contributed by atoms with Crippen LogP contribution in [0.2, 0.25) is 0 Å². The number of carbonyl (C=O) groups is 1. The maximum absolute atomic E-state index is 11.5. The summed E-state index contributed by atoms with van der Waals surface area (Å²) < 4.78 is 5.79. The van der Waals surface area contributed by atoms with Crippen molar-refractivity contribution in [2.45, 2.75) is 25.7 Å². The Morgan fingerprint density at radius 2 is 2.27 bits per heavy atom. The Balaban J connectivity index is 2.21. The van der Waals surface area contributed by atoms with Crippen LogP contribution < -0.4 is 0 Å². The van der Waals surface area contributed by atoms with E-state index in [9.17, 15) is 4.79 Å². The zero-order chi connectivity index (χ0) is 10.8. The molecule has 2 nitrogen and oxygen atoms in total. The number of halogens is 1. The van der Waals surface area contributed by atoms with Crippen LogP contribution in [-0.4, -0.2) is 12.6 Å². The second-order valence-corrected chi connectivity index (χ2v) is 4.59. The first-order chi connectivity index (χ1) is 7.22. The molecule has 2 rings (SSSR count). The Labute approximate surface area is 97.8 Å². The van der Waals surface area contributed by atoms with Crippen LogP contribution in [0, 0.1) is 0 Å². The van der Waals surface area contributed by atoms with Crippen LogP contribution in [0.3, 0.4) is 0 Å². The number of hydrogen-bond acceptors (Lipinski definition) is 2. The second kappa shape index (κ2) is 4.35. The molecule has 1 fully saturated rings. The summed E-state index contributed by atoms with van der Waals surface area (Å²) in [6, 6.07) is 5.90. The minimum Gasteiger partial charge on any atom is -0.462 e. The molecule has 1 aliphatic carbocycles. The molecule has 1 aromatic carbocycles. The summed E-state index contributed by atoms with van der Waals surface area (Å²) in [7, 11) is 0. The van der Waals surface area contributed by atoms with Crippen molar-refractivity contribution in [3.05, 3.63) is 33.8 Å². The molecule has 1 aliphatic rings. The van der Waals surface area contributed by atoms with Crippen molar-refractivity contribution in [3.8, 4) is 0 Å². The fourth-order valence-corrected chi connectivity index (χ4v) is 2.13. The first kappa shape index (κ1) is 10.7. The van der Waals surface area contributed by atoms with Crippen molar-refractivity contribution < 1.29 is 9.53 Å². The summed E-state index contributed by atoms with van der Waals surface area (Å²) in [5.74, 6) is 0.448. The summed E-state index contributed by atoms with van der Waals surface area (Å²) in [5, 5.41) is 0. The number of carbonyl (C=O) groups excluding carboxylic acids is 1. The molecule has 1 saturated carbocycles. The van der Waals surface area contributed by atoms with Crippen LogP contribution in [0.15, 0.2) is 22.7 Å². The molecule has 0 radical (unpaired) electrons. The van der Waals surface area contributed by atoms with Crippen LogP contribution in [0.1, 0.15) is 41.6 Å². The van der Waals surface area contributed by atoms with Crippen molar-refractivity contribution >= 4 is 21.9 Å². The number of benzene rings is 1. The van der Waals surface area contributed by atoms with E-state index in [4.69, 9.17) is 4.74 Å². The van der Waals surface area contributed by atoms with E-state index >= 15 is 0 Å². The highest BCUT2D eigenvalue weighted by Crippen LogP contribution is 2.41. The van der Waals surface area contributed by atoms with Gasteiger partial charge in [0.2, 0.25) is 0 Å². The van der Waals surface area contributed by atoms with E-state index in [1.54, 1.807) is 0 Å². The van der Waals surface area contributed by atoms with E-state index in [2.05, 4.69) is 15.9 Å². The summed E-state index contributed by atoms with van der Waals surface area (Å²) >= 11 is 3.41. The third-order valence-corrected chi connectivity index (χ3v) is 3.19. The van der Waals surface area contributed by atoms with E-state index in [1.165, 1.54) is 18.4 Å². The van der Waals surface area contributed by atoms with Crippen molar-refractivity contribution in [2.24, 2.45) is 0 Å². The topological polar surface area (TPSA) is 26.3 Å². The molecule has 0 aromatic heterocycles. The Morgan fingerprint density at radius 3 is 2.80 bits per heavy atom. The second-order valence-electron chi connectivity index (χ2n) is 3.73. The van der Waals surface area contributed by atoms with Gasteiger partial charge in [0.05, 0.1) is 12.2 Å².